The zero-order valence-corrected chi connectivity index (χ0v) is 34.1. The van der Waals surface area contributed by atoms with Gasteiger partial charge >= 0.3 is 6.18 Å². The van der Waals surface area contributed by atoms with Crippen molar-refractivity contribution in [1.82, 2.24) is 19.5 Å². The molecule has 0 N–H and O–H groups in total. The number of benzene rings is 8. The molecule has 0 amide bonds. The van der Waals surface area contributed by atoms with E-state index in [9.17, 15) is 18.4 Å². The molecule has 0 radical (unpaired) electrons. The van der Waals surface area contributed by atoms with E-state index in [0.29, 0.717) is 45.4 Å². The fraction of sp³-hybridized carbons (Fsp3) is 0.0364. The fourth-order valence-electron chi connectivity index (χ4n) is 8.25. The number of halogens is 3. The molecule has 2 aromatic heterocycles. The average Bonchev–Trinajstić information content (AvgIpc) is 3.67. The summed E-state index contributed by atoms with van der Waals surface area (Å²) in [7, 11) is 0. The number of fused-ring (bicyclic) bond motifs is 3. The highest BCUT2D eigenvalue weighted by Gasteiger charge is 2.31. The molecule has 0 atom stereocenters. The highest BCUT2D eigenvalue weighted by atomic mass is 19.4. The van der Waals surface area contributed by atoms with Gasteiger partial charge in [-0.25, -0.2) is 19.8 Å². The summed E-state index contributed by atoms with van der Waals surface area (Å²) in [6.07, 6.45) is -4.53. The van der Waals surface area contributed by atoms with Crippen LogP contribution in [0.2, 0.25) is 0 Å². The van der Waals surface area contributed by atoms with Crippen molar-refractivity contribution in [1.29, 1.82) is 5.26 Å². The summed E-state index contributed by atoms with van der Waals surface area (Å²) in [6.45, 7) is 9.69. The van der Waals surface area contributed by atoms with Gasteiger partial charge in [0, 0.05) is 44.2 Å². The van der Waals surface area contributed by atoms with E-state index >= 15 is 0 Å². The Hall–Kier alpha value is -8.66. The van der Waals surface area contributed by atoms with Gasteiger partial charge in [0.25, 0.3) is 0 Å². The van der Waals surface area contributed by atoms with Crippen molar-refractivity contribution in [2.75, 3.05) is 0 Å². The lowest BCUT2D eigenvalue weighted by molar-refractivity contribution is -0.137. The summed E-state index contributed by atoms with van der Waals surface area (Å²) in [6, 6.07) is 58.2. The third-order valence-corrected chi connectivity index (χ3v) is 11.4. The van der Waals surface area contributed by atoms with E-state index < -0.39 is 11.7 Å². The number of para-hydroxylation sites is 1. The van der Waals surface area contributed by atoms with Gasteiger partial charge in [-0.3, -0.25) is 0 Å². The maximum absolute atomic E-state index is 14.1. The number of hydrogen-bond acceptors (Lipinski definition) is 4. The third kappa shape index (κ3) is 7.31. The van der Waals surface area contributed by atoms with Crippen LogP contribution in [0.15, 0.2) is 182 Å². The summed E-state index contributed by atoms with van der Waals surface area (Å²) in [4.78, 5) is 18.7. The molecular formula is C55H33F3N6. The maximum Gasteiger partial charge on any atom is 0.416 e. The molecule has 8 aromatic carbocycles. The predicted molar refractivity (Wildman–Crippen MR) is 247 cm³/mol. The van der Waals surface area contributed by atoms with Crippen molar-refractivity contribution in [2.45, 2.75) is 13.1 Å². The Morgan fingerprint density at radius 2 is 1.05 bits per heavy atom. The van der Waals surface area contributed by atoms with Crippen LogP contribution in [0.25, 0.3) is 99.9 Å². The van der Waals surface area contributed by atoms with Crippen LogP contribution in [0.3, 0.4) is 0 Å². The molecule has 0 aliphatic carbocycles. The van der Waals surface area contributed by atoms with Crippen LogP contribution in [-0.2, 0) is 6.18 Å². The highest BCUT2D eigenvalue weighted by Crippen LogP contribution is 2.45. The molecule has 0 saturated heterocycles. The quantitative estimate of drug-likeness (QED) is 0.150. The number of nitrogens with zero attached hydrogens (tertiary/aromatic N) is 6. The smallest absolute Gasteiger partial charge is 0.308 e. The maximum atomic E-state index is 14.1. The average molecular weight is 835 g/mol. The minimum atomic E-state index is -4.53. The van der Waals surface area contributed by atoms with E-state index in [1.807, 2.05) is 122 Å². The van der Waals surface area contributed by atoms with Gasteiger partial charge in [0.15, 0.2) is 23.2 Å². The van der Waals surface area contributed by atoms with Gasteiger partial charge in [0.2, 0.25) is 0 Å². The van der Waals surface area contributed by atoms with E-state index in [4.69, 9.17) is 21.5 Å². The monoisotopic (exact) mass is 834 g/mol. The van der Waals surface area contributed by atoms with Gasteiger partial charge in [-0.15, -0.1) is 0 Å². The Bertz CT molecular complexity index is 3400. The number of rotatable bonds is 7. The minimum absolute atomic E-state index is 0.366. The van der Waals surface area contributed by atoms with E-state index in [1.54, 1.807) is 18.2 Å². The zero-order valence-electron chi connectivity index (χ0n) is 34.1. The van der Waals surface area contributed by atoms with Gasteiger partial charge in [0.1, 0.15) is 0 Å². The number of hydrogen-bond donors (Lipinski definition) is 0. The normalized spacial score (nSPS) is 11.4. The Labute approximate surface area is 366 Å². The Balaban J connectivity index is 1.30. The second-order valence-electron chi connectivity index (χ2n) is 15.5. The fourth-order valence-corrected chi connectivity index (χ4v) is 8.25. The van der Waals surface area contributed by atoms with Crippen LogP contribution in [0.5, 0.6) is 0 Å². The Kier molecular flexibility index (Phi) is 9.86. The summed E-state index contributed by atoms with van der Waals surface area (Å²) in [5.41, 5.74) is 10.2. The van der Waals surface area contributed by atoms with E-state index in [-0.39, 0.29) is 0 Å². The van der Waals surface area contributed by atoms with Crippen LogP contribution in [0, 0.1) is 24.8 Å². The van der Waals surface area contributed by atoms with Gasteiger partial charge in [-0.05, 0) is 89.8 Å². The molecule has 0 unspecified atom stereocenters. The van der Waals surface area contributed by atoms with Gasteiger partial charge < -0.3 is 4.57 Å². The molecule has 10 aromatic rings. The molecule has 64 heavy (non-hydrogen) atoms. The van der Waals surface area contributed by atoms with Gasteiger partial charge in [-0.2, -0.15) is 18.4 Å². The molecule has 6 nitrogen and oxygen atoms in total. The van der Waals surface area contributed by atoms with E-state index in [1.165, 1.54) is 12.1 Å². The standard InChI is InChI=1S/C55H33F3N6/c1-34-17-19-36(20-18-34)46-31-42(54-62-52(38-11-5-3-6-12-38)61-53(63-54)39-13-7-4-8-14-39)32-47(37-21-24-43(25-22-37)55(56,57)58)51(46)64-49-16-10-9-15-45(49)48-30-40(23-26-50(48)64)41-27-35(33-59)28-44(29-41)60-2/h3-32H,1H3. The van der Waals surface area contributed by atoms with Crippen molar-refractivity contribution >= 4 is 27.5 Å². The van der Waals surface area contributed by atoms with Crippen molar-refractivity contribution in [3.63, 3.8) is 0 Å². The van der Waals surface area contributed by atoms with E-state index in [2.05, 4.69) is 39.7 Å². The van der Waals surface area contributed by atoms with Crippen LogP contribution in [-0.4, -0.2) is 19.5 Å². The van der Waals surface area contributed by atoms with Crippen molar-refractivity contribution in [3.05, 3.63) is 210 Å². The van der Waals surface area contributed by atoms with Gasteiger partial charge in [-0.1, -0.05) is 127 Å². The van der Waals surface area contributed by atoms with Crippen molar-refractivity contribution in [3.8, 4) is 79.3 Å². The van der Waals surface area contributed by atoms with Crippen molar-refractivity contribution in [2.24, 2.45) is 0 Å². The lowest BCUT2D eigenvalue weighted by Gasteiger charge is -2.21. The summed E-state index contributed by atoms with van der Waals surface area (Å²) < 4.78 is 44.5. The Morgan fingerprint density at radius 1 is 0.516 bits per heavy atom. The SMILES string of the molecule is [C-]#[N+]c1cc(C#N)cc(-c2ccc3c(c2)c2ccccc2n3-c2c(-c3ccc(C)cc3)cc(-c3nc(-c4ccccc4)nc(-c4ccccc4)n3)cc2-c2ccc(C(F)(F)F)cc2)c1. The molecule has 0 spiro atoms. The van der Waals surface area contributed by atoms with E-state index in [0.717, 1.165) is 78.6 Å². The zero-order chi connectivity index (χ0) is 44.0. The third-order valence-electron chi connectivity index (χ3n) is 11.4. The number of nitriles is 1. The molecule has 304 valence electrons. The van der Waals surface area contributed by atoms with Gasteiger partial charge in [0.05, 0.1) is 34.9 Å². The molecular weight excluding hydrogens is 802 g/mol. The van der Waals surface area contributed by atoms with Crippen molar-refractivity contribution < 1.29 is 13.2 Å². The molecule has 0 bridgehead atoms. The summed E-state index contributed by atoms with van der Waals surface area (Å²) in [5, 5.41) is 11.6. The molecule has 10 rings (SSSR count). The molecule has 9 heteroatoms. The minimum Gasteiger partial charge on any atom is -0.308 e. The number of aryl methyl sites for hydroxylation is 1. The first-order valence-electron chi connectivity index (χ1n) is 20.4. The first kappa shape index (κ1) is 39.5. The van der Waals surface area contributed by atoms with Crippen LogP contribution in [0.4, 0.5) is 18.9 Å². The van der Waals surface area contributed by atoms with Crippen LogP contribution < -0.4 is 0 Å². The van der Waals surface area contributed by atoms with Crippen LogP contribution >= 0.6 is 0 Å². The summed E-state index contributed by atoms with van der Waals surface area (Å²) in [5.74, 6) is 1.35. The summed E-state index contributed by atoms with van der Waals surface area (Å²) >= 11 is 0. The predicted octanol–water partition coefficient (Wildman–Crippen LogP) is 14.7. The second kappa shape index (κ2) is 16.0. The molecule has 2 heterocycles. The molecule has 0 saturated carbocycles. The lowest BCUT2D eigenvalue weighted by atomic mass is 9.91. The number of alkyl halides is 3. The first-order chi connectivity index (χ1) is 31.1. The molecule has 0 aliphatic rings. The topological polar surface area (TPSA) is 71.8 Å². The number of aromatic nitrogens is 4. The first-order valence-corrected chi connectivity index (χ1v) is 20.4. The highest BCUT2D eigenvalue weighted by molar-refractivity contribution is 6.12. The lowest BCUT2D eigenvalue weighted by Crippen LogP contribution is -2.05. The second-order valence-corrected chi connectivity index (χ2v) is 15.5. The van der Waals surface area contributed by atoms with Crippen LogP contribution in [0.1, 0.15) is 16.7 Å². The molecule has 0 aliphatic heterocycles. The largest absolute Gasteiger partial charge is 0.416 e. The molecule has 0 fully saturated rings. The Morgan fingerprint density at radius 3 is 1.62 bits per heavy atom.